The van der Waals surface area contributed by atoms with Crippen LogP contribution in [0.3, 0.4) is 0 Å². The third kappa shape index (κ3) is 3.57. The predicted molar refractivity (Wildman–Crippen MR) is 101 cm³/mol. The lowest BCUT2D eigenvalue weighted by atomic mass is 10.1. The number of aryl methyl sites for hydroxylation is 2. The van der Waals surface area contributed by atoms with Gasteiger partial charge in [0, 0.05) is 18.5 Å². The van der Waals surface area contributed by atoms with E-state index >= 15 is 0 Å². The van der Waals surface area contributed by atoms with Crippen LogP contribution in [0.5, 0.6) is 0 Å². The minimum absolute atomic E-state index is 0.138. The first-order valence-corrected chi connectivity index (χ1v) is 8.83. The lowest BCUT2D eigenvalue weighted by Crippen LogP contribution is -2.27. The first-order chi connectivity index (χ1) is 13.6. The van der Waals surface area contributed by atoms with Gasteiger partial charge in [0.1, 0.15) is 23.2 Å². The van der Waals surface area contributed by atoms with Crippen molar-refractivity contribution in [3.63, 3.8) is 0 Å². The second-order valence-corrected chi connectivity index (χ2v) is 6.43. The summed E-state index contributed by atoms with van der Waals surface area (Å²) in [5.74, 6) is 0.480. The Kier molecular flexibility index (Phi) is 4.76. The van der Waals surface area contributed by atoms with E-state index in [4.69, 9.17) is 8.94 Å². The highest BCUT2D eigenvalue weighted by Gasteiger charge is 2.17. The standard InChI is InChI=1S/C20H18N4O4/c1-13-4-6-14(7-5-13)18-17-19(28-23-18)22-12-24(20(17)26)9-8-16(25)21-11-15-3-2-10-27-15/h2-7,10,12H,8-9,11H2,1H3,(H,21,25). The van der Waals surface area contributed by atoms with Crippen LogP contribution in [0.2, 0.25) is 0 Å². The summed E-state index contributed by atoms with van der Waals surface area (Å²) in [4.78, 5) is 29.1. The molecule has 0 atom stereocenters. The SMILES string of the molecule is Cc1ccc(-c2noc3ncn(CCC(=O)NCc4ccco4)c(=O)c23)cc1. The summed E-state index contributed by atoms with van der Waals surface area (Å²) >= 11 is 0. The quantitative estimate of drug-likeness (QED) is 0.553. The van der Waals surface area contributed by atoms with E-state index in [1.165, 1.54) is 10.9 Å². The smallest absolute Gasteiger partial charge is 0.266 e. The van der Waals surface area contributed by atoms with Crippen LogP contribution in [-0.4, -0.2) is 20.6 Å². The number of rotatable bonds is 6. The molecule has 4 aromatic rings. The summed E-state index contributed by atoms with van der Waals surface area (Å²) in [6, 6.07) is 11.2. The van der Waals surface area contributed by atoms with E-state index in [-0.39, 0.29) is 30.1 Å². The molecule has 28 heavy (non-hydrogen) atoms. The number of hydrogen-bond donors (Lipinski definition) is 1. The maximum absolute atomic E-state index is 12.9. The van der Waals surface area contributed by atoms with Gasteiger partial charge in [0.2, 0.25) is 5.91 Å². The van der Waals surface area contributed by atoms with Crippen LogP contribution < -0.4 is 10.9 Å². The Hall–Kier alpha value is -3.68. The zero-order valence-electron chi connectivity index (χ0n) is 15.2. The van der Waals surface area contributed by atoms with E-state index in [9.17, 15) is 9.59 Å². The average molecular weight is 378 g/mol. The number of carbonyl (C=O) groups excluding carboxylic acids is 1. The molecule has 0 saturated carbocycles. The second-order valence-electron chi connectivity index (χ2n) is 6.43. The molecule has 0 saturated heterocycles. The number of furan rings is 1. The number of hydrogen-bond acceptors (Lipinski definition) is 6. The second kappa shape index (κ2) is 7.51. The minimum atomic E-state index is -0.291. The van der Waals surface area contributed by atoms with Crippen molar-refractivity contribution >= 4 is 17.0 Å². The van der Waals surface area contributed by atoms with E-state index in [1.54, 1.807) is 18.4 Å². The Morgan fingerprint density at radius 3 is 2.79 bits per heavy atom. The zero-order valence-corrected chi connectivity index (χ0v) is 15.2. The Morgan fingerprint density at radius 1 is 1.21 bits per heavy atom. The minimum Gasteiger partial charge on any atom is -0.467 e. The number of benzene rings is 1. The van der Waals surface area contributed by atoms with Gasteiger partial charge in [-0.15, -0.1) is 0 Å². The van der Waals surface area contributed by atoms with Crippen LogP contribution in [0.1, 0.15) is 17.7 Å². The first kappa shape index (κ1) is 17.7. The van der Waals surface area contributed by atoms with Crippen LogP contribution in [0.25, 0.3) is 22.4 Å². The average Bonchev–Trinajstić information content (AvgIpc) is 3.36. The largest absolute Gasteiger partial charge is 0.467 e. The van der Waals surface area contributed by atoms with Crippen molar-refractivity contribution in [3.8, 4) is 11.3 Å². The van der Waals surface area contributed by atoms with Gasteiger partial charge in [0.05, 0.1) is 12.8 Å². The monoisotopic (exact) mass is 378 g/mol. The molecule has 8 heteroatoms. The highest BCUT2D eigenvalue weighted by molar-refractivity contribution is 5.88. The van der Waals surface area contributed by atoms with Crippen molar-refractivity contribution < 1.29 is 13.7 Å². The molecule has 0 fully saturated rings. The Balaban J connectivity index is 1.52. The van der Waals surface area contributed by atoms with Crippen molar-refractivity contribution in [2.45, 2.75) is 26.4 Å². The zero-order chi connectivity index (χ0) is 19.5. The molecule has 3 aromatic heterocycles. The molecule has 4 rings (SSSR count). The van der Waals surface area contributed by atoms with Gasteiger partial charge in [-0.2, -0.15) is 0 Å². The molecule has 1 N–H and O–H groups in total. The number of amides is 1. The van der Waals surface area contributed by atoms with E-state index in [0.29, 0.717) is 23.4 Å². The summed E-state index contributed by atoms with van der Waals surface area (Å²) in [5, 5.41) is 7.07. The van der Waals surface area contributed by atoms with Gasteiger partial charge in [0.15, 0.2) is 0 Å². The van der Waals surface area contributed by atoms with E-state index in [2.05, 4.69) is 15.5 Å². The lowest BCUT2D eigenvalue weighted by Gasteiger charge is -2.06. The number of carbonyl (C=O) groups is 1. The van der Waals surface area contributed by atoms with Crippen molar-refractivity contribution in [2.24, 2.45) is 0 Å². The molecule has 0 bridgehead atoms. The summed E-state index contributed by atoms with van der Waals surface area (Å²) in [6.45, 7) is 2.49. The van der Waals surface area contributed by atoms with Crippen LogP contribution in [0.15, 0.2) is 62.7 Å². The van der Waals surface area contributed by atoms with E-state index in [0.717, 1.165) is 11.1 Å². The number of nitrogens with one attached hydrogen (secondary N) is 1. The third-order valence-electron chi connectivity index (χ3n) is 4.41. The van der Waals surface area contributed by atoms with E-state index < -0.39 is 0 Å². The lowest BCUT2D eigenvalue weighted by molar-refractivity contribution is -0.121. The molecular formula is C20H18N4O4. The maximum atomic E-state index is 12.9. The molecule has 1 amide bonds. The van der Waals surface area contributed by atoms with Crippen LogP contribution >= 0.6 is 0 Å². The molecule has 0 aliphatic rings. The third-order valence-corrected chi connectivity index (χ3v) is 4.41. The fraction of sp³-hybridized carbons (Fsp3) is 0.200. The number of fused-ring (bicyclic) bond motifs is 1. The Bertz CT molecular complexity index is 1160. The Morgan fingerprint density at radius 2 is 2.04 bits per heavy atom. The van der Waals surface area contributed by atoms with Gasteiger partial charge < -0.3 is 14.3 Å². The van der Waals surface area contributed by atoms with Gasteiger partial charge in [-0.05, 0) is 19.1 Å². The van der Waals surface area contributed by atoms with Gasteiger partial charge >= 0.3 is 0 Å². The van der Waals surface area contributed by atoms with Crippen molar-refractivity contribution in [1.82, 2.24) is 20.0 Å². The molecule has 1 aromatic carbocycles. The summed E-state index contributed by atoms with van der Waals surface area (Å²) in [7, 11) is 0. The van der Waals surface area contributed by atoms with Gasteiger partial charge in [-0.1, -0.05) is 35.0 Å². The predicted octanol–water partition coefficient (Wildman–Crippen LogP) is 2.66. The molecule has 0 radical (unpaired) electrons. The molecular weight excluding hydrogens is 360 g/mol. The molecule has 8 nitrogen and oxygen atoms in total. The van der Waals surface area contributed by atoms with Crippen molar-refractivity contribution in [1.29, 1.82) is 0 Å². The normalized spacial score (nSPS) is 11.0. The Labute approximate surface area is 159 Å². The molecule has 0 unspecified atom stereocenters. The van der Waals surface area contributed by atoms with E-state index in [1.807, 2.05) is 31.2 Å². The number of nitrogens with zero attached hydrogens (tertiary/aromatic N) is 3. The van der Waals surface area contributed by atoms with Crippen LogP contribution in [0.4, 0.5) is 0 Å². The summed E-state index contributed by atoms with van der Waals surface area (Å²) in [6.07, 6.45) is 3.06. The number of aromatic nitrogens is 3. The van der Waals surface area contributed by atoms with Gasteiger partial charge in [-0.25, -0.2) is 4.98 Å². The molecule has 0 aliphatic carbocycles. The fourth-order valence-corrected chi connectivity index (χ4v) is 2.86. The molecule has 142 valence electrons. The summed E-state index contributed by atoms with van der Waals surface area (Å²) in [5.41, 5.74) is 2.22. The first-order valence-electron chi connectivity index (χ1n) is 8.83. The molecule has 0 spiro atoms. The fourth-order valence-electron chi connectivity index (χ4n) is 2.86. The summed E-state index contributed by atoms with van der Waals surface area (Å²) < 4.78 is 11.8. The topological polar surface area (TPSA) is 103 Å². The molecule has 0 aliphatic heterocycles. The highest BCUT2D eigenvalue weighted by atomic mass is 16.5. The van der Waals surface area contributed by atoms with Crippen LogP contribution in [0, 0.1) is 6.92 Å². The highest BCUT2D eigenvalue weighted by Crippen LogP contribution is 2.24. The van der Waals surface area contributed by atoms with Gasteiger partial charge in [-0.3, -0.25) is 14.2 Å². The van der Waals surface area contributed by atoms with Gasteiger partial charge in [0.25, 0.3) is 11.3 Å². The van der Waals surface area contributed by atoms with Crippen molar-refractivity contribution in [2.75, 3.05) is 0 Å². The maximum Gasteiger partial charge on any atom is 0.266 e. The van der Waals surface area contributed by atoms with Crippen LogP contribution in [-0.2, 0) is 17.9 Å². The van der Waals surface area contributed by atoms with Crippen molar-refractivity contribution in [3.05, 3.63) is 70.7 Å². The molecule has 3 heterocycles.